The largest absolute Gasteiger partial charge is 0.505 e. The van der Waals surface area contributed by atoms with Gasteiger partial charge in [-0.2, -0.15) is 12.6 Å². The van der Waals surface area contributed by atoms with E-state index in [9.17, 15) is 0 Å². The quantitative estimate of drug-likeness (QED) is 0.559. The van der Waals surface area contributed by atoms with Gasteiger partial charge in [-0.25, -0.2) is 0 Å². The van der Waals surface area contributed by atoms with Gasteiger partial charge in [-0.15, -0.1) is 0 Å². The van der Waals surface area contributed by atoms with Crippen LogP contribution in [0, 0.1) is 0 Å². The minimum absolute atomic E-state index is 0.558. The van der Waals surface area contributed by atoms with Crippen molar-refractivity contribution in [1.29, 1.82) is 0 Å². The lowest BCUT2D eigenvalue weighted by Crippen LogP contribution is -2.49. The standard InChI is InChI=1S/C13H22O3SSi/c1-3-14-18(15-4-2,16-10-11-17)12-13-8-6-5-7-9-13/h5-9,17H,3-4,10-12H2,1-2H3. The summed E-state index contributed by atoms with van der Waals surface area (Å²) in [6, 6.07) is 10.9. The molecule has 102 valence electrons. The monoisotopic (exact) mass is 286 g/mol. The van der Waals surface area contributed by atoms with Gasteiger partial charge < -0.3 is 13.3 Å². The van der Waals surface area contributed by atoms with E-state index in [1.54, 1.807) is 0 Å². The van der Waals surface area contributed by atoms with E-state index in [0.717, 1.165) is 0 Å². The van der Waals surface area contributed by atoms with Crippen LogP contribution in [0.5, 0.6) is 0 Å². The van der Waals surface area contributed by atoms with Crippen molar-refractivity contribution in [3.05, 3.63) is 35.9 Å². The second-order valence-electron chi connectivity index (χ2n) is 3.78. The Morgan fingerprint density at radius 3 is 2.11 bits per heavy atom. The first-order valence-electron chi connectivity index (χ1n) is 6.33. The molecule has 0 aliphatic heterocycles. The van der Waals surface area contributed by atoms with Crippen molar-refractivity contribution in [2.75, 3.05) is 25.6 Å². The fourth-order valence-electron chi connectivity index (χ4n) is 1.76. The average molecular weight is 286 g/mol. The summed E-state index contributed by atoms with van der Waals surface area (Å²) in [4.78, 5) is 0. The molecule has 0 bridgehead atoms. The van der Waals surface area contributed by atoms with Crippen LogP contribution in [0.25, 0.3) is 0 Å². The molecular weight excluding hydrogens is 264 g/mol. The molecule has 0 heterocycles. The van der Waals surface area contributed by atoms with Crippen LogP contribution in [0.15, 0.2) is 30.3 Å². The molecule has 0 atom stereocenters. The Morgan fingerprint density at radius 2 is 1.61 bits per heavy atom. The molecule has 5 heteroatoms. The van der Waals surface area contributed by atoms with Crippen molar-refractivity contribution in [3.63, 3.8) is 0 Å². The number of benzene rings is 1. The predicted molar refractivity (Wildman–Crippen MR) is 79.0 cm³/mol. The van der Waals surface area contributed by atoms with Gasteiger partial charge in [0.1, 0.15) is 0 Å². The van der Waals surface area contributed by atoms with Gasteiger partial charge in [-0.3, -0.25) is 0 Å². The maximum atomic E-state index is 5.88. The number of rotatable bonds is 9. The number of hydrogen-bond donors (Lipinski definition) is 1. The highest BCUT2D eigenvalue weighted by Crippen LogP contribution is 2.17. The van der Waals surface area contributed by atoms with E-state index >= 15 is 0 Å². The van der Waals surface area contributed by atoms with E-state index in [-0.39, 0.29) is 0 Å². The van der Waals surface area contributed by atoms with Crippen LogP contribution in [0.1, 0.15) is 19.4 Å². The van der Waals surface area contributed by atoms with Crippen molar-refractivity contribution >= 4 is 21.4 Å². The Labute approximate surface area is 116 Å². The third-order valence-electron chi connectivity index (χ3n) is 2.41. The molecule has 0 spiro atoms. The molecule has 0 saturated carbocycles. The molecule has 0 aliphatic carbocycles. The Bertz CT molecular complexity index is 315. The zero-order chi connectivity index (χ0) is 13.3. The lowest BCUT2D eigenvalue weighted by Gasteiger charge is -2.28. The lowest BCUT2D eigenvalue weighted by molar-refractivity contribution is 0.0712. The minimum Gasteiger partial charge on any atom is -0.374 e. The molecule has 0 aliphatic rings. The second kappa shape index (κ2) is 8.71. The molecule has 0 fully saturated rings. The maximum absolute atomic E-state index is 5.88. The van der Waals surface area contributed by atoms with Gasteiger partial charge in [-0.05, 0) is 19.4 Å². The topological polar surface area (TPSA) is 27.7 Å². The maximum Gasteiger partial charge on any atom is 0.505 e. The molecule has 1 rings (SSSR count). The van der Waals surface area contributed by atoms with E-state index in [1.165, 1.54) is 5.56 Å². The van der Waals surface area contributed by atoms with Crippen LogP contribution in [-0.4, -0.2) is 34.4 Å². The third kappa shape index (κ3) is 5.12. The molecule has 0 radical (unpaired) electrons. The van der Waals surface area contributed by atoms with Gasteiger partial charge in [0.15, 0.2) is 0 Å². The highest BCUT2D eigenvalue weighted by Gasteiger charge is 2.40. The smallest absolute Gasteiger partial charge is 0.374 e. The predicted octanol–water partition coefficient (Wildman–Crippen LogP) is 2.73. The van der Waals surface area contributed by atoms with E-state index in [1.807, 2.05) is 32.0 Å². The highest BCUT2D eigenvalue weighted by atomic mass is 32.1. The van der Waals surface area contributed by atoms with Crippen molar-refractivity contribution in [1.82, 2.24) is 0 Å². The zero-order valence-electron chi connectivity index (χ0n) is 11.1. The van der Waals surface area contributed by atoms with Gasteiger partial charge in [0.2, 0.25) is 0 Å². The molecule has 0 amide bonds. The van der Waals surface area contributed by atoms with E-state index < -0.39 is 8.80 Å². The van der Waals surface area contributed by atoms with Gasteiger partial charge in [0.05, 0.1) is 0 Å². The fraction of sp³-hybridized carbons (Fsp3) is 0.538. The summed E-state index contributed by atoms with van der Waals surface area (Å²) >= 11 is 4.18. The normalized spacial score (nSPS) is 11.7. The Kier molecular flexibility index (Phi) is 7.61. The molecule has 0 unspecified atom stereocenters. The zero-order valence-corrected chi connectivity index (χ0v) is 13.0. The van der Waals surface area contributed by atoms with E-state index in [0.29, 0.717) is 31.6 Å². The molecule has 18 heavy (non-hydrogen) atoms. The first-order chi connectivity index (χ1) is 8.76. The van der Waals surface area contributed by atoms with Crippen LogP contribution >= 0.6 is 12.6 Å². The van der Waals surface area contributed by atoms with Crippen LogP contribution < -0.4 is 0 Å². The highest BCUT2D eigenvalue weighted by molar-refractivity contribution is 7.80. The molecular formula is C13H22O3SSi. The minimum atomic E-state index is -2.61. The number of hydrogen-bond acceptors (Lipinski definition) is 4. The molecule has 1 aromatic rings. The van der Waals surface area contributed by atoms with Crippen LogP contribution in [0.4, 0.5) is 0 Å². The Balaban J connectivity index is 2.79. The summed E-state index contributed by atoms with van der Waals surface area (Å²) in [5.74, 6) is 0.670. The van der Waals surface area contributed by atoms with Crippen LogP contribution in [-0.2, 0) is 19.3 Å². The Morgan fingerprint density at radius 1 is 1.00 bits per heavy atom. The van der Waals surface area contributed by atoms with Crippen molar-refractivity contribution < 1.29 is 13.3 Å². The lowest BCUT2D eigenvalue weighted by atomic mass is 10.2. The van der Waals surface area contributed by atoms with Crippen LogP contribution in [0.3, 0.4) is 0 Å². The summed E-state index contributed by atoms with van der Waals surface area (Å²) in [5, 5.41) is 0. The average Bonchev–Trinajstić information content (AvgIpc) is 2.38. The summed E-state index contributed by atoms with van der Waals surface area (Å²) in [6.07, 6.45) is 0. The first-order valence-corrected chi connectivity index (χ1v) is 8.89. The van der Waals surface area contributed by atoms with Crippen molar-refractivity contribution in [3.8, 4) is 0 Å². The third-order valence-corrected chi connectivity index (χ3v) is 5.53. The first kappa shape index (κ1) is 15.7. The van der Waals surface area contributed by atoms with Gasteiger partial charge >= 0.3 is 8.80 Å². The summed E-state index contributed by atoms with van der Waals surface area (Å²) in [5.41, 5.74) is 1.19. The van der Waals surface area contributed by atoms with Gasteiger partial charge in [0, 0.05) is 31.6 Å². The van der Waals surface area contributed by atoms with Gasteiger partial charge in [-0.1, -0.05) is 30.3 Å². The molecule has 0 aromatic heterocycles. The molecule has 1 aromatic carbocycles. The van der Waals surface area contributed by atoms with Crippen LogP contribution in [0.2, 0.25) is 0 Å². The fourth-order valence-corrected chi connectivity index (χ4v) is 4.61. The summed E-state index contributed by atoms with van der Waals surface area (Å²) < 4.78 is 17.6. The SMILES string of the molecule is CCO[Si](Cc1ccccc1)(OCC)OCCS. The van der Waals surface area contributed by atoms with Crippen molar-refractivity contribution in [2.24, 2.45) is 0 Å². The van der Waals surface area contributed by atoms with E-state index in [4.69, 9.17) is 13.3 Å². The van der Waals surface area contributed by atoms with E-state index in [2.05, 4.69) is 24.8 Å². The molecule has 3 nitrogen and oxygen atoms in total. The number of thiol groups is 1. The van der Waals surface area contributed by atoms with Crippen molar-refractivity contribution in [2.45, 2.75) is 19.9 Å². The molecule has 0 N–H and O–H groups in total. The summed E-state index contributed by atoms with van der Waals surface area (Å²) in [6.45, 7) is 5.70. The van der Waals surface area contributed by atoms with Gasteiger partial charge in [0.25, 0.3) is 0 Å². The second-order valence-corrected chi connectivity index (χ2v) is 6.82. The summed E-state index contributed by atoms with van der Waals surface area (Å²) in [7, 11) is -2.61. The Hall–Kier alpha value is -0.333. The molecule has 0 saturated heterocycles.